The molecule has 3 aromatic rings. The van der Waals surface area contributed by atoms with Gasteiger partial charge in [0.25, 0.3) is 5.91 Å². The van der Waals surface area contributed by atoms with Crippen LogP contribution < -0.4 is 10.1 Å². The van der Waals surface area contributed by atoms with E-state index in [0.717, 1.165) is 11.6 Å². The number of amides is 1. The van der Waals surface area contributed by atoms with Crippen LogP contribution >= 0.6 is 11.6 Å². The molecular formula is C24H16ClF6NO3. The van der Waals surface area contributed by atoms with Crippen LogP contribution in [0.4, 0.5) is 32.0 Å². The van der Waals surface area contributed by atoms with Crippen LogP contribution in [0.25, 0.3) is 0 Å². The Balaban J connectivity index is 1.82. The number of anilines is 1. The third-order valence-corrected chi connectivity index (χ3v) is 4.90. The Labute approximate surface area is 200 Å². The van der Waals surface area contributed by atoms with Gasteiger partial charge in [0, 0.05) is 17.1 Å². The highest BCUT2D eigenvalue weighted by Gasteiger charge is 2.37. The van der Waals surface area contributed by atoms with Crippen LogP contribution in [0.5, 0.6) is 5.75 Å². The van der Waals surface area contributed by atoms with Gasteiger partial charge in [-0.1, -0.05) is 41.9 Å². The SMILES string of the molecule is O=C(COc1ccc(Cl)cc1C(=O)Nc1cc(C(F)(F)F)cc(C(F)(F)F)c1)Cc1ccccc1. The molecule has 0 atom stereocenters. The maximum atomic E-state index is 13.1. The van der Waals surface area contributed by atoms with Gasteiger partial charge in [0.1, 0.15) is 12.4 Å². The molecule has 0 saturated carbocycles. The molecule has 0 unspecified atom stereocenters. The Morgan fingerprint density at radius 3 is 2.00 bits per heavy atom. The largest absolute Gasteiger partial charge is 0.485 e. The molecule has 0 bridgehead atoms. The number of nitrogens with one attached hydrogen (secondary N) is 1. The number of ether oxygens (including phenoxy) is 1. The van der Waals surface area contributed by atoms with Gasteiger partial charge in [-0.05, 0) is 42.0 Å². The first-order valence-corrected chi connectivity index (χ1v) is 10.3. The Morgan fingerprint density at radius 1 is 0.829 bits per heavy atom. The molecule has 0 fully saturated rings. The zero-order chi connectivity index (χ0) is 25.8. The number of hydrogen-bond acceptors (Lipinski definition) is 3. The molecule has 0 aliphatic carbocycles. The first kappa shape index (κ1) is 26.1. The maximum Gasteiger partial charge on any atom is 0.416 e. The molecule has 11 heteroatoms. The molecule has 0 saturated heterocycles. The fourth-order valence-corrected chi connectivity index (χ4v) is 3.24. The first-order chi connectivity index (χ1) is 16.3. The van der Waals surface area contributed by atoms with Gasteiger partial charge in [-0.3, -0.25) is 9.59 Å². The van der Waals surface area contributed by atoms with E-state index in [4.69, 9.17) is 16.3 Å². The quantitative estimate of drug-likeness (QED) is 0.351. The van der Waals surface area contributed by atoms with Crippen molar-refractivity contribution in [3.05, 3.63) is 94.0 Å². The predicted molar refractivity (Wildman–Crippen MR) is 116 cm³/mol. The molecule has 1 N–H and O–H groups in total. The standard InChI is InChI=1S/C24H16ClF6NO3/c25-17-6-7-21(35-13-19(33)8-14-4-2-1-3-5-14)20(12-17)22(34)32-18-10-15(23(26,27)28)9-16(11-18)24(29,30)31/h1-7,9-12H,8,13H2,(H,32,34). The van der Waals surface area contributed by atoms with Crippen molar-refractivity contribution in [1.82, 2.24) is 0 Å². The number of rotatable bonds is 7. The summed E-state index contributed by atoms with van der Waals surface area (Å²) in [6.45, 7) is -0.432. The molecule has 0 spiro atoms. The summed E-state index contributed by atoms with van der Waals surface area (Å²) in [5.74, 6) is -1.54. The Hall–Kier alpha value is -3.53. The summed E-state index contributed by atoms with van der Waals surface area (Å²) < 4.78 is 84.0. The molecule has 0 heterocycles. The summed E-state index contributed by atoms with van der Waals surface area (Å²) in [7, 11) is 0. The van der Waals surface area contributed by atoms with Crippen LogP contribution in [0.15, 0.2) is 66.7 Å². The number of benzene rings is 3. The normalized spacial score (nSPS) is 11.7. The summed E-state index contributed by atoms with van der Waals surface area (Å²) >= 11 is 5.90. The summed E-state index contributed by atoms with van der Waals surface area (Å²) in [5, 5.41) is 2.07. The van der Waals surface area contributed by atoms with E-state index in [9.17, 15) is 35.9 Å². The summed E-state index contributed by atoms with van der Waals surface area (Å²) in [5.41, 5.74) is -3.45. The summed E-state index contributed by atoms with van der Waals surface area (Å²) in [6, 6.07) is 13.2. The summed E-state index contributed by atoms with van der Waals surface area (Å²) in [4.78, 5) is 25.0. The van der Waals surface area contributed by atoms with Crippen molar-refractivity contribution in [3.8, 4) is 5.75 Å². The summed E-state index contributed by atoms with van der Waals surface area (Å²) in [6.07, 6.45) is -10.1. The van der Waals surface area contributed by atoms with Crippen molar-refractivity contribution in [2.45, 2.75) is 18.8 Å². The van der Waals surface area contributed by atoms with Gasteiger partial charge in [-0.2, -0.15) is 26.3 Å². The van der Waals surface area contributed by atoms with E-state index in [1.165, 1.54) is 12.1 Å². The molecule has 35 heavy (non-hydrogen) atoms. The van der Waals surface area contributed by atoms with E-state index in [2.05, 4.69) is 0 Å². The molecule has 1 amide bonds. The van der Waals surface area contributed by atoms with Gasteiger partial charge in [-0.25, -0.2) is 0 Å². The van der Waals surface area contributed by atoms with Crippen molar-refractivity contribution in [3.63, 3.8) is 0 Å². The highest BCUT2D eigenvalue weighted by Crippen LogP contribution is 2.37. The fraction of sp³-hybridized carbons (Fsp3) is 0.167. The fourth-order valence-electron chi connectivity index (χ4n) is 3.06. The third kappa shape index (κ3) is 7.22. The first-order valence-electron chi connectivity index (χ1n) is 9.92. The molecular weight excluding hydrogens is 500 g/mol. The smallest absolute Gasteiger partial charge is 0.416 e. The van der Waals surface area contributed by atoms with E-state index in [1.807, 2.05) is 5.32 Å². The molecule has 0 aliphatic heterocycles. The number of hydrogen-bond donors (Lipinski definition) is 1. The molecule has 0 aromatic heterocycles. The lowest BCUT2D eigenvalue weighted by Gasteiger charge is -2.16. The van der Waals surface area contributed by atoms with Crippen LogP contribution in [0.3, 0.4) is 0 Å². The third-order valence-electron chi connectivity index (χ3n) is 4.66. The minimum absolute atomic E-state index is 0.0536. The average Bonchev–Trinajstić information content (AvgIpc) is 2.77. The van der Waals surface area contributed by atoms with Crippen LogP contribution in [0.1, 0.15) is 27.0 Å². The van der Waals surface area contributed by atoms with E-state index < -0.39 is 41.7 Å². The Morgan fingerprint density at radius 2 is 1.43 bits per heavy atom. The number of halogens is 7. The van der Waals surface area contributed by atoms with Gasteiger partial charge in [0.2, 0.25) is 0 Å². The maximum absolute atomic E-state index is 13.1. The highest BCUT2D eigenvalue weighted by molar-refractivity contribution is 6.31. The minimum Gasteiger partial charge on any atom is -0.485 e. The monoisotopic (exact) mass is 515 g/mol. The average molecular weight is 516 g/mol. The van der Waals surface area contributed by atoms with Gasteiger partial charge < -0.3 is 10.1 Å². The van der Waals surface area contributed by atoms with Crippen molar-refractivity contribution in [2.24, 2.45) is 0 Å². The Bertz CT molecular complexity index is 1190. The zero-order valence-electron chi connectivity index (χ0n) is 17.6. The molecule has 0 aliphatic rings. The number of ketones is 1. The second-order valence-electron chi connectivity index (χ2n) is 7.38. The second-order valence-corrected chi connectivity index (χ2v) is 7.82. The van der Waals surface area contributed by atoms with Crippen molar-refractivity contribution >= 4 is 29.0 Å². The van der Waals surface area contributed by atoms with Gasteiger partial charge in [0.15, 0.2) is 5.78 Å². The van der Waals surface area contributed by atoms with E-state index in [-0.39, 0.29) is 34.6 Å². The molecule has 4 nitrogen and oxygen atoms in total. The van der Waals surface area contributed by atoms with Gasteiger partial charge in [-0.15, -0.1) is 0 Å². The lowest BCUT2D eigenvalue weighted by atomic mass is 10.1. The van der Waals surface area contributed by atoms with E-state index >= 15 is 0 Å². The van der Waals surface area contributed by atoms with Crippen molar-refractivity contribution in [2.75, 3.05) is 11.9 Å². The Kier molecular flexibility index (Phi) is 7.74. The lowest BCUT2D eigenvalue weighted by Crippen LogP contribution is -2.18. The molecule has 3 rings (SSSR count). The number of carbonyl (C=O) groups excluding carboxylic acids is 2. The number of Topliss-reactive ketones (excluding diaryl/α,β-unsaturated/α-hetero) is 1. The second kappa shape index (κ2) is 10.4. The number of alkyl halides is 6. The van der Waals surface area contributed by atoms with E-state index in [0.29, 0.717) is 12.1 Å². The van der Waals surface area contributed by atoms with Crippen LogP contribution in [-0.2, 0) is 23.6 Å². The zero-order valence-corrected chi connectivity index (χ0v) is 18.4. The van der Waals surface area contributed by atoms with Crippen molar-refractivity contribution < 1.29 is 40.7 Å². The van der Waals surface area contributed by atoms with Crippen LogP contribution in [0.2, 0.25) is 5.02 Å². The van der Waals surface area contributed by atoms with Gasteiger partial charge in [0.05, 0.1) is 16.7 Å². The van der Waals surface area contributed by atoms with Crippen LogP contribution in [0, 0.1) is 0 Å². The molecule has 0 radical (unpaired) electrons. The molecule has 184 valence electrons. The van der Waals surface area contributed by atoms with Gasteiger partial charge >= 0.3 is 12.4 Å². The minimum atomic E-state index is -5.08. The topological polar surface area (TPSA) is 55.4 Å². The van der Waals surface area contributed by atoms with Crippen molar-refractivity contribution in [1.29, 1.82) is 0 Å². The predicted octanol–water partition coefficient (Wildman–Crippen LogP) is 6.82. The van der Waals surface area contributed by atoms with Crippen LogP contribution in [-0.4, -0.2) is 18.3 Å². The number of carbonyl (C=O) groups is 2. The van der Waals surface area contributed by atoms with E-state index in [1.54, 1.807) is 30.3 Å². The highest BCUT2D eigenvalue weighted by atomic mass is 35.5. The lowest BCUT2D eigenvalue weighted by molar-refractivity contribution is -0.143. The molecule has 3 aromatic carbocycles.